The highest BCUT2D eigenvalue weighted by atomic mass is 16.5. The third kappa shape index (κ3) is 4.74. The fourth-order valence-electron chi connectivity index (χ4n) is 3.35. The molecule has 0 heterocycles. The predicted molar refractivity (Wildman–Crippen MR) is 82.5 cm³/mol. The zero-order valence-electron chi connectivity index (χ0n) is 13.4. The highest BCUT2D eigenvalue weighted by molar-refractivity contribution is 5.85. The van der Waals surface area contributed by atoms with E-state index < -0.39 is 5.54 Å². The van der Waals surface area contributed by atoms with Crippen LogP contribution in [0.3, 0.4) is 0 Å². The van der Waals surface area contributed by atoms with Crippen LogP contribution in [-0.2, 0) is 9.53 Å². The summed E-state index contributed by atoms with van der Waals surface area (Å²) in [6, 6.07) is 0. The summed E-state index contributed by atoms with van der Waals surface area (Å²) in [5.41, 5.74) is 5.16. The van der Waals surface area contributed by atoms with Crippen LogP contribution in [0.15, 0.2) is 0 Å². The maximum Gasteiger partial charge on any atom is 0.238 e. The molecular weight excluding hydrogens is 252 g/mol. The Hall–Kier alpha value is -0.610. The van der Waals surface area contributed by atoms with Crippen molar-refractivity contribution < 1.29 is 9.53 Å². The minimum Gasteiger partial charge on any atom is -0.381 e. The molecule has 118 valence electrons. The molecule has 1 saturated carbocycles. The first-order valence-corrected chi connectivity index (χ1v) is 8.15. The van der Waals surface area contributed by atoms with E-state index >= 15 is 0 Å². The second-order valence-electron chi connectivity index (χ2n) is 6.39. The van der Waals surface area contributed by atoms with Crippen molar-refractivity contribution in [2.45, 2.75) is 64.8 Å². The molecule has 1 rings (SSSR count). The van der Waals surface area contributed by atoms with Crippen LogP contribution in [0, 0.1) is 11.8 Å². The Balaban J connectivity index is 2.32. The molecule has 0 aliphatic heterocycles. The largest absolute Gasteiger partial charge is 0.381 e. The topological polar surface area (TPSA) is 64.3 Å². The van der Waals surface area contributed by atoms with Gasteiger partial charge in [-0.1, -0.05) is 27.2 Å². The quantitative estimate of drug-likeness (QED) is 0.606. The molecule has 2 atom stereocenters. The first kappa shape index (κ1) is 17.4. The molecule has 0 spiro atoms. The van der Waals surface area contributed by atoms with E-state index in [1.807, 2.05) is 6.92 Å². The molecule has 0 radical (unpaired) electrons. The van der Waals surface area contributed by atoms with Gasteiger partial charge in [-0.05, 0) is 50.5 Å². The molecule has 1 aliphatic carbocycles. The summed E-state index contributed by atoms with van der Waals surface area (Å²) in [6.45, 7) is 8.85. The Labute approximate surface area is 123 Å². The summed E-state index contributed by atoms with van der Waals surface area (Å²) >= 11 is 0. The number of nitrogens with one attached hydrogen (secondary N) is 1. The van der Waals surface area contributed by atoms with Crippen molar-refractivity contribution in [1.82, 2.24) is 5.32 Å². The molecule has 0 bridgehead atoms. The molecule has 4 heteroatoms. The SMILES string of the molecule is CCNC1(C(N)=O)CCCC1CCOCCCC(C)C. The Morgan fingerprint density at radius 2 is 2.20 bits per heavy atom. The van der Waals surface area contributed by atoms with Crippen LogP contribution < -0.4 is 11.1 Å². The number of ether oxygens (including phenoxy) is 1. The number of amides is 1. The van der Waals surface area contributed by atoms with Crippen molar-refractivity contribution in [3.63, 3.8) is 0 Å². The van der Waals surface area contributed by atoms with Crippen molar-refractivity contribution in [2.24, 2.45) is 17.6 Å². The van der Waals surface area contributed by atoms with E-state index in [0.29, 0.717) is 5.92 Å². The second-order valence-corrected chi connectivity index (χ2v) is 6.39. The molecule has 0 saturated heterocycles. The van der Waals surface area contributed by atoms with Crippen LogP contribution >= 0.6 is 0 Å². The Morgan fingerprint density at radius 1 is 1.45 bits per heavy atom. The zero-order chi connectivity index (χ0) is 15.0. The molecule has 20 heavy (non-hydrogen) atoms. The fraction of sp³-hybridized carbons (Fsp3) is 0.938. The molecule has 0 aromatic carbocycles. The molecule has 3 N–H and O–H groups in total. The van der Waals surface area contributed by atoms with Crippen molar-refractivity contribution in [3.05, 3.63) is 0 Å². The first-order chi connectivity index (χ1) is 9.53. The van der Waals surface area contributed by atoms with Crippen LogP contribution in [0.1, 0.15) is 59.3 Å². The molecule has 1 amide bonds. The van der Waals surface area contributed by atoms with E-state index in [-0.39, 0.29) is 5.91 Å². The summed E-state index contributed by atoms with van der Waals surface area (Å²) in [5, 5.41) is 3.34. The van der Waals surface area contributed by atoms with E-state index in [0.717, 1.165) is 57.8 Å². The van der Waals surface area contributed by atoms with Gasteiger partial charge in [0.25, 0.3) is 0 Å². The number of likely N-dealkylation sites (N-methyl/N-ethyl adjacent to an activating group) is 1. The maximum absolute atomic E-state index is 11.9. The summed E-state index contributed by atoms with van der Waals surface area (Å²) < 4.78 is 5.72. The van der Waals surface area contributed by atoms with Gasteiger partial charge in [0, 0.05) is 13.2 Å². The van der Waals surface area contributed by atoms with Crippen LogP contribution in [0.25, 0.3) is 0 Å². The Kier molecular flexibility index (Phi) is 7.52. The highest BCUT2D eigenvalue weighted by Gasteiger charge is 2.46. The molecule has 0 aromatic heterocycles. The van der Waals surface area contributed by atoms with E-state index in [2.05, 4.69) is 19.2 Å². The first-order valence-electron chi connectivity index (χ1n) is 8.15. The lowest BCUT2D eigenvalue weighted by atomic mass is 9.84. The van der Waals surface area contributed by atoms with E-state index in [1.54, 1.807) is 0 Å². The number of carbonyl (C=O) groups excluding carboxylic acids is 1. The standard InChI is InChI=1S/C16H32N2O2/c1-4-18-16(15(17)19)10-5-8-14(16)9-12-20-11-6-7-13(2)3/h13-14,18H,4-12H2,1-3H3,(H2,17,19). The third-order valence-corrected chi connectivity index (χ3v) is 4.43. The number of nitrogens with two attached hydrogens (primary N) is 1. The lowest BCUT2D eigenvalue weighted by molar-refractivity contribution is -0.126. The van der Waals surface area contributed by atoms with E-state index in [1.165, 1.54) is 6.42 Å². The van der Waals surface area contributed by atoms with Crippen molar-refractivity contribution >= 4 is 5.91 Å². The van der Waals surface area contributed by atoms with Crippen LogP contribution in [0.2, 0.25) is 0 Å². The van der Waals surface area contributed by atoms with Gasteiger partial charge in [0.05, 0.1) is 0 Å². The van der Waals surface area contributed by atoms with Gasteiger partial charge >= 0.3 is 0 Å². The molecule has 1 fully saturated rings. The molecule has 0 aromatic rings. The number of hydrogen-bond donors (Lipinski definition) is 2. The normalized spacial score (nSPS) is 26.3. The Bertz CT molecular complexity index is 294. The van der Waals surface area contributed by atoms with Crippen LogP contribution in [0.4, 0.5) is 0 Å². The van der Waals surface area contributed by atoms with Crippen LogP contribution in [-0.4, -0.2) is 31.2 Å². The summed E-state index contributed by atoms with van der Waals surface area (Å²) in [4.78, 5) is 11.9. The van der Waals surface area contributed by atoms with Crippen molar-refractivity contribution in [3.8, 4) is 0 Å². The van der Waals surface area contributed by atoms with Gasteiger partial charge in [0.2, 0.25) is 5.91 Å². The minimum atomic E-state index is -0.490. The molecule has 1 aliphatic rings. The van der Waals surface area contributed by atoms with E-state index in [4.69, 9.17) is 10.5 Å². The number of rotatable bonds is 10. The maximum atomic E-state index is 11.9. The monoisotopic (exact) mass is 284 g/mol. The lowest BCUT2D eigenvalue weighted by Crippen LogP contribution is -2.58. The average Bonchev–Trinajstić information content (AvgIpc) is 2.78. The van der Waals surface area contributed by atoms with Gasteiger partial charge in [-0.25, -0.2) is 0 Å². The smallest absolute Gasteiger partial charge is 0.238 e. The summed E-state index contributed by atoms with van der Waals surface area (Å²) in [7, 11) is 0. The number of primary amides is 1. The second kappa shape index (κ2) is 8.63. The summed E-state index contributed by atoms with van der Waals surface area (Å²) in [6.07, 6.45) is 6.29. The van der Waals surface area contributed by atoms with Gasteiger partial charge in [0.1, 0.15) is 5.54 Å². The van der Waals surface area contributed by atoms with Crippen LogP contribution in [0.5, 0.6) is 0 Å². The van der Waals surface area contributed by atoms with Gasteiger partial charge in [-0.3, -0.25) is 4.79 Å². The molecular formula is C16H32N2O2. The minimum absolute atomic E-state index is 0.193. The lowest BCUT2D eigenvalue weighted by Gasteiger charge is -2.33. The summed E-state index contributed by atoms with van der Waals surface area (Å²) in [5.74, 6) is 0.872. The predicted octanol–water partition coefficient (Wildman–Crippen LogP) is 2.46. The van der Waals surface area contributed by atoms with Crippen molar-refractivity contribution in [1.29, 1.82) is 0 Å². The van der Waals surface area contributed by atoms with Crippen molar-refractivity contribution in [2.75, 3.05) is 19.8 Å². The fourth-order valence-corrected chi connectivity index (χ4v) is 3.35. The highest BCUT2D eigenvalue weighted by Crippen LogP contribution is 2.37. The molecule has 4 nitrogen and oxygen atoms in total. The zero-order valence-corrected chi connectivity index (χ0v) is 13.4. The molecule has 2 unspecified atom stereocenters. The van der Waals surface area contributed by atoms with Gasteiger partial charge in [-0.15, -0.1) is 0 Å². The van der Waals surface area contributed by atoms with Gasteiger partial charge in [-0.2, -0.15) is 0 Å². The Morgan fingerprint density at radius 3 is 2.80 bits per heavy atom. The average molecular weight is 284 g/mol. The number of hydrogen-bond acceptors (Lipinski definition) is 3. The van der Waals surface area contributed by atoms with Gasteiger partial charge in [0.15, 0.2) is 0 Å². The third-order valence-electron chi connectivity index (χ3n) is 4.43. The van der Waals surface area contributed by atoms with E-state index in [9.17, 15) is 4.79 Å². The van der Waals surface area contributed by atoms with Gasteiger partial charge < -0.3 is 15.8 Å². The number of carbonyl (C=O) groups is 1.